The highest BCUT2D eigenvalue weighted by atomic mass is 35.5. The number of esters is 1. The number of anilines is 1. The molecule has 0 aliphatic carbocycles. The summed E-state index contributed by atoms with van der Waals surface area (Å²) in [5.74, 6) is -0.232. The first kappa shape index (κ1) is 18.8. The quantitative estimate of drug-likeness (QED) is 0.782. The maximum atomic E-state index is 12.5. The van der Waals surface area contributed by atoms with Crippen LogP contribution in [0, 0.1) is 6.92 Å². The molecule has 1 N–H and O–H groups in total. The zero-order chi connectivity index (χ0) is 18.4. The predicted octanol–water partition coefficient (Wildman–Crippen LogP) is 4.23. The summed E-state index contributed by atoms with van der Waals surface area (Å²) in [4.78, 5) is 24.1. The lowest BCUT2D eigenvalue weighted by Gasteiger charge is -2.18. The van der Waals surface area contributed by atoms with Crippen molar-refractivity contribution in [1.29, 1.82) is 0 Å². The van der Waals surface area contributed by atoms with Crippen LogP contribution in [-0.2, 0) is 9.53 Å². The van der Waals surface area contributed by atoms with E-state index >= 15 is 0 Å². The number of nitrogens with one attached hydrogen (secondary N) is 1. The van der Waals surface area contributed by atoms with Gasteiger partial charge in [-0.1, -0.05) is 36.2 Å². The van der Waals surface area contributed by atoms with Crippen LogP contribution in [0.5, 0.6) is 5.75 Å². The zero-order valence-electron chi connectivity index (χ0n) is 14.3. The van der Waals surface area contributed by atoms with Gasteiger partial charge in [0.05, 0.1) is 23.4 Å². The van der Waals surface area contributed by atoms with E-state index in [9.17, 15) is 9.59 Å². The van der Waals surface area contributed by atoms with E-state index in [1.165, 1.54) is 25.3 Å². The molecular weight excluding hydrogens is 342 g/mol. The van der Waals surface area contributed by atoms with Gasteiger partial charge in [-0.15, -0.1) is 0 Å². The average molecular weight is 362 g/mol. The molecule has 6 heteroatoms. The molecule has 2 aromatic carbocycles. The minimum atomic E-state index is -0.680. The van der Waals surface area contributed by atoms with Gasteiger partial charge in [-0.3, -0.25) is 4.79 Å². The third-order valence-electron chi connectivity index (χ3n) is 3.61. The first-order valence-corrected chi connectivity index (χ1v) is 8.24. The van der Waals surface area contributed by atoms with Crippen molar-refractivity contribution < 1.29 is 19.1 Å². The topological polar surface area (TPSA) is 64.6 Å². The summed E-state index contributed by atoms with van der Waals surface area (Å²) in [5.41, 5.74) is 1.74. The lowest BCUT2D eigenvalue weighted by atomic mass is 10.2. The Hall–Kier alpha value is -2.53. The Morgan fingerprint density at radius 1 is 1.16 bits per heavy atom. The van der Waals surface area contributed by atoms with Crippen LogP contribution in [-0.4, -0.2) is 25.1 Å². The molecule has 1 amide bonds. The standard InChI is InChI=1S/C19H20ClNO4/c1-4-17(25-14-8-5-12(2)6-9-14)18(22)21-16-11-13(19(23)24-3)7-10-15(16)20/h5-11,17H,4H2,1-3H3,(H,21,22)/t17-/m1/s1. The zero-order valence-corrected chi connectivity index (χ0v) is 15.1. The second-order valence-corrected chi connectivity index (χ2v) is 5.91. The van der Waals surface area contributed by atoms with E-state index in [1.807, 2.05) is 38.1 Å². The van der Waals surface area contributed by atoms with Crippen molar-refractivity contribution in [3.8, 4) is 5.75 Å². The fourth-order valence-corrected chi connectivity index (χ4v) is 2.35. The van der Waals surface area contributed by atoms with Gasteiger partial charge in [-0.2, -0.15) is 0 Å². The van der Waals surface area contributed by atoms with Gasteiger partial charge < -0.3 is 14.8 Å². The lowest BCUT2D eigenvalue weighted by Crippen LogP contribution is -2.32. The van der Waals surface area contributed by atoms with E-state index in [0.29, 0.717) is 28.4 Å². The fourth-order valence-electron chi connectivity index (χ4n) is 2.18. The van der Waals surface area contributed by atoms with Crippen LogP contribution in [0.4, 0.5) is 5.69 Å². The molecule has 0 spiro atoms. The summed E-state index contributed by atoms with van der Waals surface area (Å²) < 4.78 is 10.4. The summed E-state index contributed by atoms with van der Waals surface area (Å²) in [6.45, 7) is 3.83. The summed E-state index contributed by atoms with van der Waals surface area (Å²) in [7, 11) is 1.29. The number of methoxy groups -OCH3 is 1. The minimum absolute atomic E-state index is 0.301. The summed E-state index contributed by atoms with van der Waals surface area (Å²) in [6.07, 6.45) is -0.200. The Balaban J connectivity index is 2.13. The number of hydrogen-bond acceptors (Lipinski definition) is 4. The smallest absolute Gasteiger partial charge is 0.337 e. The minimum Gasteiger partial charge on any atom is -0.481 e. The van der Waals surface area contributed by atoms with Crippen LogP contribution < -0.4 is 10.1 Å². The molecular formula is C19H20ClNO4. The van der Waals surface area contributed by atoms with E-state index in [4.69, 9.17) is 16.3 Å². The average Bonchev–Trinajstić information content (AvgIpc) is 2.62. The van der Waals surface area contributed by atoms with E-state index in [0.717, 1.165) is 5.56 Å². The largest absolute Gasteiger partial charge is 0.481 e. The number of aryl methyl sites for hydroxylation is 1. The van der Waals surface area contributed by atoms with Crippen molar-refractivity contribution in [2.45, 2.75) is 26.4 Å². The van der Waals surface area contributed by atoms with Gasteiger partial charge in [-0.25, -0.2) is 4.79 Å². The summed E-state index contributed by atoms with van der Waals surface area (Å²) >= 11 is 6.11. The molecule has 2 aromatic rings. The molecule has 132 valence electrons. The van der Waals surface area contributed by atoms with Crippen molar-refractivity contribution in [1.82, 2.24) is 0 Å². The molecule has 25 heavy (non-hydrogen) atoms. The van der Waals surface area contributed by atoms with Crippen LogP contribution >= 0.6 is 11.6 Å². The molecule has 0 heterocycles. The fraction of sp³-hybridized carbons (Fsp3) is 0.263. The highest BCUT2D eigenvalue weighted by Gasteiger charge is 2.20. The van der Waals surface area contributed by atoms with E-state index in [1.54, 1.807) is 0 Å². The summed E-state index contributed by atoms with van der Waals surface area (Å²) in [6, 6.07) is 12.0. The molecule has 0 saturated carbocycles. The normalized spacial score (nSPS) is 11.5. The monoisotopic (exact) mass is 361 g/mol. The predicted molar refractivity (Wildman–Crippen MR) is 97.3 cm³/mol. The molecule has 2 rings (SSSR count). The molecule has 0 radical (unpaired) electrons. The molecule has 5 nitrogen and oxygen atoms in total. The SMILES string of the molecule is CC[C@@H](Oc1ccc(C)cc1)C(=O)Nc1cc(C(=O)OC)ccc1Cl. The van der Waals surface area contributed by atoms with Crippen molar-refractivity contribution in [2.75, 3.05) is 12.4 Å². The van der Waals surface area contributed by atoms with E-state index in [-0.39, 0.29) is 5.91 Å². The Morgan fingerprint density at radius 3 is 2.44 bits per heavy atom. The van der Waals surface area contributed by atoms with Gasteiger partial charge in [0, 0.05) is 0 Å². The highest BCUT2D eigenvalue weighted by molar-refractivity contribution is 6.33. The van der Waals surface area contributed by atoms with Gasteiger partial charge in [0.25, 0.3) is 5.91 Å². The van der Waals surface area contributed by atoms with Crippen molar-refractivity contribution in [3.63, 3.8) is 0 Å². The first-order valence-electron chi connectivity index (χ1n) is 7.86. The van der Waals surface area contributed by atoms with Gasteiger partial charge in [-0.05, 0) is 43.7 Å². The van der Waals surface area contributed by atoms with Crippen LogP contribution in [0.2, 0.25) is 5.02 Å². The number of benzene rings is 2. The molecule has 0 aliphatic rings. The molecule has 0 bridgehead atoms. The third-order valence-corrected chi connectivity index (χ3v) is 3.94. The Labute approximate surface area is 151 Å². The number of hydrogen-bond donors (Lipinski definition) is 1. The highest BCUT2D eigenvalue weighted by Crippen LogP contribution is 2.24. The van der Waals surface area contributed by atoms with E-state index < -0.39 is 12.1 Å². The molecule has 1 atom stereocenters. The Kier molecular flexibility index (Phi) is 6.42. The first-order chi connectivity index (χ1) is 11.9. The molecule has 0 aromatic heterocycles. The van der Waals surface area contributed by atoms with E-state index in [2.05, 4.69) is 10.1 Å². The number of halogens is 1. The number of ether oxygens (including phenoxy) is 2. The van der Waals surface area contributed by atoms with Crippen LogP contribution in [0.3, 0.4) is 0 Å². The molecule has 0 aliphatic heterocycles. The number of amides is 1. The van der Waals surface area contributed by atoms with Crippen LogP contribution in [0.15, 0.2) is 42.5 Å². The number of carbonyl (C=O) groups excluding carboxylic acids is 2. The van der Waals surface area contributed by atoms with Crippen molar-refractivity contribution in [2.24, 2.45) is 0 Å². The Bertz CT molecular complexity index is 759. The van der Waals surface area contributed by atoms with Gasteiger partial charge >= 0.3 is 5.97 Å². The summed E-state index contributed by atoms with van der Waals surface area (Å²) in [5, 5.41) is 3.03. The second kappa shape index (κ2) is 8.53. The van der Waals surface area contributed by atoms with Gasteiger partial charge in [0.1, 0.15) is 5.75 Å². The van der Waals surface area contributed by atoms with Crippen molar-refractivity contribution >= 4 is 29.2 Å². The maximum absolute atomic E-state index is 12.5. The van der Waals surface area contributed by atoms with Gasteiger partial charge in [0.2, 0.25) is 0 Å². The van der Waals surface area contributed by atoms with Crippen LogP contribution in [0.25, 0.3) is 0 Å². The van der Waals surface area contributed by atoms with Crippen LogP contribution in [0.1, 0.15) is 29.3 Å². The maximum Gasteiger partial charge on any atom is 0.337 e. The number of rotatable bonds is 6. The second-order valence-electron chi connectivity index (χ2n) is 5.50. The molecule has 0 unspecified atom stereocenters. The Morgan fingerprint density at radius 2 is 1.84 bits per heavy atom. The molecule has 0 saturated heterocycles. The third kappa shape index (κ3) is 4.97. The van der Waals surface area contributed by atoms with Crippen molar-refractivity contribution in [3.05, 3.63) is 58.6 Å². The van der Waals surface area contributed by atoms with Gasteiger partial charge in [0.15, 0.2) is 6.10 Å². The lowest BCUT2D eigenvalue weighted by molar-refractivity contribution is -0.122. The molecule has 0 fully saturated rings. The number of carbonyl (C=O) groups is 2.